The monoisotopic (exact) mass is 283 g/mol. The van der Waals surface area contributed by atoms with E-state index in [-0.39, 0.29) is 5.75 Å². The maximum absolute atomic E-state index is 11.5. The summed E-state index contributed by atoms with van der Waals surface area (Å²) in [5, 5.41) is 3.36. The lowest BCUT2D eigenvalue weighted by molar-refractivity contribution is 0.548. The van der Waals surface area contributed by atoms with Gasteiger partial charge in [-0.05, 0) is 30.9 Å². The highest BCUT2D eigenvalue weighted by Gasteiger charge is 2.13. The van der Waals surface area contributed by atoms with E-state index in [9.17, 15) is 8.42 Å². The van der Waals surface area contributed by atoms with Crippen LogP contribution >= 0.6 is 0 Å². The molecule has 0 aliphatic heterocycles. The van der Waals surface area contributed by atoms with Crippen molar-refractivity contribution in [3.8, 4) is 0 Å². The highest BCUT2D eigenvalue weighted by molar-refractivity contribution is 7.91. The molecular weight excluding hydrogens is 258 g/mol. The summed E-state index contributed by atoms with van der Waals surface area (Å²) in [5.74, 6) is 0.947. The fourth-order valence-corrected chi connectivity index (χ4v) is 3.02. The minimum atomic E-state index is -2.84. The molecule has 0 amide bonds. The Bertz CT molecular complexity index is 442. The van der Waals surface area contributed by atoms with E-state index in [2.05, 4.69) is 24.4 Å². The highest BCUT2D eigenvalue weighted by atomic mass is 32.2. The van der Waals surface area contributed by atoms with Crippen LogP contribution in [0.2, 0.25) is 0 Å². The number of rotatable bonds is 9. The van der Waals surface area contributed by atoms with E-state index in [0.29, 0.717) is 11.7 Å². The summed E-state index contributed by atoms with van der Waals surface area (Å²) in [7, 11) is -2.84. The minimum Gasteiger partial charge on any atom is -0.316 e. The SMILES string of the molecule is CCNCC(CCCS(=O)(=O)CC)c1ccccc1. The first kappa shape index (κ1) is 16.2. The Labute approximate surface area is 117 Å². The van der Waals surface area contributed by atoms with Gasteiger partial charge in [-0.3, -0.25) is 0 Å². The van der Waals surface area contributed by atoms with Crippen LogP contribution in [0, 0.1) is 0 Å². The summed E-state index contributed by atoms with van der Waals surface area (Å²) in [5.41, 5.74) is 1.29. The fraction of sp³-hybridized carbons (Fsp3) is 0.600. The summed E-state index contributed by atoms with van der Waals surface area (Å²) in [6, 6.07) is 10.3. The van der Waals surface area contributed by atoms with E-state index in [1.807, 2.05) is 18.2 Å². The number of sulfone groups is 1. The molecule has 1 aromatic carbocycles. The van der Waals surface area contributed by atoms with Gasteiger partial charge in [0.05, 0.1) is 5.75 Å². The molecule has 1 atom stereocenters. The van der Waals surface area contributed by atoms with Crippen LogP contribution < -0.4 is 5.32 Å². The molecule has 3 nitrogen and oxygen atoms in total. The van der Waals surface area contributed by atoms with Crippen molar-refractivity contribution < 1.29 is 8.42 Å². The van der Waals surface area contributed by atoms with E-state index >= 15 is 0 Å². The lowest BCUT2D eigenvalue weighted by Gasteiger charge is -2.17. The predicted octanol–water partition coefficient (Wildman–Crippen LogP) is 2.59. The lowest BCUT2D eigenvalue weighted by atomic mass is 9.94. The van der Waals surface area contributed by atoms with Crippen LogP contribution in [0.15, 0.2) is 30.3 Å². The topological polar surface area (TPSA) is 46.2 Å². The lowest BCUT2D eigenvalue weighted by Crippen LogP contribution is -2.22. The molecule has 108 valence electrons. The summed E-state index contributed by atoms with van der Waals surface area (Å²) in [6.07, 6.45) is 1.65. The Morgan fingerprint density at radius 2 is 1.84 bits per heavy atom. The highest BCUT2D eigenvalue weighted by Crippen LogP contribution is 2.20. The Morgan fingerprint density at radius 3 is 2.42 bits per heavy atom. The molecule has 19 heavy (non-hydrogen) atoms. The summed E-state index contributed by atoms with van der Waals surface area (Å²) in [4.78, 5) is 0. The van der Waals surface area contributed by atoms with Gasteiger partial charge in [-0.1, -0.05) is 44.2 Å². The summed E-state index contributed by atoms with van der Waals surface area (Å²) >= 11 is 0. The van der Waals surface area contributed by atoms with Crippen LogP contribution in [0.4, 0.5) is 0 Å². The van der Waals surface area contributed by atoms with Crippen molar-refractivity contribution in [3.63, 3.8) is 0 Å². The van der Waals surface area contributed by atoms with E-state index < -0.39 is 9.84 Å². The normalized spacial score (nSPS) is 13.4. The standard InChI is InChI=1S/C15H25NO2S/c1-3-16-13-15(14-9-6-5-7-10-14)11-8-12-19(17,18)4-2/h5-7,9-10,15-16H,3-4,8,11-13H2,1-2H3. The summed E-state index contributed by atoms with van der Waals surface area (Å²) in [6.45, 7) is 5.65. The van der Waals surface area contributed by atoms with Crippen molar-refractivity contribution >= 4 is 9.84 Å². The fourth-order valence-electron chi connectivity index (χ4n) is 2.12. The molecule has 0 saturated carbocycles. The van der Waals surface area contributed by atoms with Gasteiger partial charge in [-0.25, -0.2) is 8.42 Å². The third kappa shape index (κ3) is 6.21. The largest absolute Gasteiger partial charge is 0.316 e. The first-order valence-corrected chi connectivity index (χ1v) is 8.87. The molecular formula is C15H25NO2S. The van der Waals surface area contributed by atoms with Gasteiger partial charge >= 0.3 is 0 Å². The molecule has 0 bridgehead atoms. The number of hydrogen-bond acceptors (Lipinski definition) is 3. The first-order chi connectivity index (χ1) is 9.09. The van der Waals surface area contributed by atoms with Crippen molar-refractivity contribution in [2.24, 2.45) is 0 Å². The second-order valence-corrected chi connectivity index (χ2v) is 7.27. The molecule has 1 unspecified atom stereocenters. The van der Waals surface area contributed by atoms with Gasteiger partial charge in [0.2, 0.25) is 0 Å². The maximum Gasteiger partial charge on any atom is 0.150 e. The van der Waals surface area contributed by atoms with Crippen LogP contribution in [0.25, 0.3) is 0 Å². The second kappa shape index (κ2) is 8.33. The van der Waals surface area contributed by atoms with Crippen LogP contribution in [0.1, 0.15) is 38.2 Å². The molecule has 0 saturated heterocycles. The van der Waals surface area contributed by atoms with E-state index in [4.69, 9.17) is 0 Å². The molecule has 0 spiro atoms. The first-order valence-electron chi connectivity index (χ1n) is 7.05. The van der Waals surface area contributed by atoms with E-state index in [1.165, 1.54) is 5.56 Å². The van der Waals surface area contributed by atoms with Gasteiger partial charge < -0.3 is 5.32 Å². The second-order valence-electron chi connectivity index (χ2n) is 4.79. The van der Waals surface area contributed by atoms with Gasteiger partial charge in [0, 0.05) is 12.3 Å². The van der Waals surface area contributed by atoms with Crippen molar-refractivity contribution in [1.82, 2.24) is 5.32 Å². The molecule has 1 N–H and O–H groups in total. The van der Waals surface area contributed by atoms with Crippen LogP contribution in [0.3, 0.4) is 0 Å². The Kier molecular flexibility index (Phi) is 7.10. The van der Waals surface area contributed by atoms with Crippen LogP contribution in [-0.2, 0) is 9.84 Å². The molecule has 1 rings (SSSR count). The predicted molar refractivity (Wildman–Crippen MR) is 81.3 cm³/mol. The van der Waals surface area contributed by atoms with Crippen molar-refractivity contribution in [2.45, 2.75) is 32.6 Å². The van der Waals surface area contributed by atoms with Gasteiger partial charge in [0.1, 0.15) is 9.84 Å². The molecule has 0 radical (unpaired) electrons. The van der Waals surface area contributed by atoms with E-state index in [1.54, 1.807) is 6.92 Å². The average molecular weight is 283 g/mol. The molecule has 0 fully saturated rings. The zero-order chi connectivity index (χ0) is 14.1. The summed E-state index contributed by atoms with van der Waals surface area (Å²) < 4.78 is 23.0. The third-order valence-corrected chi connectivity index (χ3v) is 5.15. The van der Waals surface area contributed by atoms with Crippen molar-refractivity contribution in [1.29, 1.82) is 0 Å². The average Bonchev–Trinajstić information content (AvgIpc) is 2.43. The van der Waals surface area contributed by atoms with Gasteiger partial charge in [-0.2, -0.15) is 0 Å². The number of nitrogens with one attached hydrogen (secondary N) is 1. The van der Waals surface area contributed by atoms with Crippen molar-refractivity contribution in [3.05, 3.63) is 35.9 Å². The zero-order valence-corrected chi connectivity index (χ0v) is 12.7. The van der Waals surface area contributed by atoms with Gasteiger partial charge in [-0.15, -0.1) is 0 Å². The number of hydrogen-bond donors (Lipinski definition) is 1. The third-order valence-electron chi connectivity index (χ3n) is 3.36. The number of likely N-dealkylation sites (N-methyl/N-ethyl adjacent to an activating group) is 1. The van der Waals surface area contributed by atoms with Crippen LogP contribution in [-0.4, -0.2) is 33.0 Å². The van der Waals surface area contributed by atoms with E-state index in [0.717, 1.165) is 25.9 Å². The quantitative estimate of drug-likeness (QED) is 0.757. The van der Waals surface area contributed by atoms with Crippen molar-refractivity contribution in [2.75, 3.05) is 24.6 Å². The maximum atomic E-state index is 11.5. The zero-order valence-electron chi connectivity index (χ0n) is 11.9. The minimum absolute atomic E-state index is 0.246. The Hall–Kier alpha value is -0.870. The van der Waals surface area contributed by atoms with Crippen LogP contribution in [0.5, 0.6) is 0 Å². The number of benzene rings is 1. The molecule has 0 aliphatic rings. The molecule has 0 aromatic heterocycles. The Morgan fingerprint density at radius 1 is 1.16 bits per heavy atom. The van der Waals surface area contributed by atoms with Gasteiger partial charge in [0.15, 0.2) is 0 Å². The van der Waals surface area contributed by atoms with Gasteiger partial charge in [0.25, 0.3) is 0 Å². The smallest absolute Gasteiger partial charge is 0.150 e. The molecule has 1 aromatic rings. The molecule has 0 heterocycles. The molecule has 0 aliphatic carbocycles. The molecule has 4 heteroatoms. The Balaban J connectivity index is 2.56.